The number of hydrogen-bond donors (Lipinski definition) is 2. The highest BCUT2D eigenvalue weighted by Gasteiger charge is 2.36. The predicted octanol–water partition coefficient (Wildman–Crippen LogP) is 2.92. The summed E-state index contributed by atoms with van der Waals surface area (Å²) in [6.45, 7) is 1.43. The number of pyridine rings is 1. The number of phenols is 1. The molecule has 25 heavy (non-hydrogen) atoms. The molecule has 134 valence electrons. The topological polar surface area (TPSA) is 73.7 Å². The van der Waals surface area contributed by atoms with Crippen molar-refractivity contribution in [3.05, 3.63) is 58.9 Å². The number of aryl methyl sites for hydroxylation is 1. The lowest BCUT2D eigenvalue weighted by molar-refractivity contribution is -0.138. The van der Waals surface area contributed by atoms with Gasteiger partial charge in [-0.15, -0.1) is 0 Å². The Kier molecular flexibility index (Phi) is 5.32. The van der Waals surface area contributed by atoms with Gasteiger partial charge in [0.05, 0.1) is 23.8 Å². The van der Waals surface area contributed by atoms with E-state index < -0.39 is 29.3 Å². The van der Waals surface area contributed by atoms with Gasteiger partial charge in [-0.25, -0.2) is 0 Å². The molecule has 1 unspecified atom stereocenters. The average molecular weight is 354 g/mol. The fourth-order valence-corrected chi connectivity index (χ4v) is 2.35. The van der Waals surface area contributed by atoms with Crippen LogP contribution in [0.25, 0.3) is 0 Å². The minimum atomic E-state index is -4.68. The smallest absolute Gasteiger partial charge is 0.417 e. The van der Waals surface area contributed by atoms with Crippen LogP contribution in [0.1, 0.15) is 33.2 Å². The molecule has 1 atom stereocenters. The van der Waals surface area contributed by atoms with E-state index in [0.29, 0.717) is 11.1 Å². The van der Waals surface area contributed by atoms with Crippen LogP contribution in [-0.2, 0) is 6.18 Å². The van der Waals surface area contributed by atoms with Crippen molar-refractivity contribution in [1.29, 1.82) is 0 Å². The Bertz CT molecular complexity index is 778. The van der Waals surface area contributed by atoms with Gasteiger partial charge in [-0.1, -0.05) is 6.07 Å². The van der Waals surface area contributed by atoms with Crippen molar-refractivity contribution in [2.24, 2.45) is 0 Å². The Morgan fingerprint density at radius 3 is 2.60 bits per heavy atom. The third-order valence-electron chi connectivity index (χ3n) is 3.76. The van der Waals surface area contributed by atoms with Crippen LogP contribution in [0.2, 0.25) is 0 Å². The molecule has 0 saturated carbocycles. The molecular formula is C17H17F3N2O3. The number of alkyl halides is 3. The summed E-state index contributed by atoms with van der Waals surface area (Å²) >= 11 is 0. The number of likely N-dealkylation sites (N-methyl/N-ethyl adjacent to an activating group) is 1. The first kappa shape index (κ1) is 18.7. The van der Waals surface area contributed by atoms with Crippen molar-refractivity contribution in [3.63, 3.8) is 0 Å². The van der Waals surface area contributed by atoms with Gasteiger partial charge in [0, 0.05) is 19.4 Å². The summed E-state index contributed by atoms with van der Waals surface area (Å²) in [6.07, 6.45) is -3.97. The van der Waals surface area contributed by atoms with Crippen molar-refractivity contribution in [2.45, 2.75) is 19.2 Å². The molecule has 1 amide bonds. The second kappa shape index (κ2) is 7.10. The lowest BCUT2D eigenvalue weighted by atomic mass is 10.0. The van der Waals surface area contributed by atoms with Gasteiger partial charge < -0.3 is 15.1 Å². The second-order valence-corrected chi connectivity index (χ2v) is 5.67. The molecule has 1 heterocycles. The van der Waals surface area contributed by atoms with Crippen LogP contribution in [0.4, 0.5) is 13.2 Å². The summed E-state index contributed by atoms with van der Waals surface area (Å²) in [6, 6.07) is 5.17. The first-order valence-corrected chi connectivity index (χ1v) is 7.35. The van der Waals surface area contributed by atoms with Gasteiger partial charge in [-0.05, 0) is 36.2 Å². The minimum Gasteiger partial charge on any atom is -0.508 e. The molecule has 2 N–H and O–H groups in total. The zero-order chi connectivity index (χ0) is 18.8. The molecular weight excluding hydrogens is 337 g/mol. The number of benzene rings is 1. The second-order valence-electron chi connectivity index (χ2n) is 5.67. The van der Waals surface area contributed by atoms with E-state index in [-0.39, 0.29) is 12.3 Å². The summed E-state index contributed by atoms with van der Waals surface area (Å²) in [7, 11) is 1.30. The maximum atomic E-state index is 13.0. The maximum absolute atomic E-state index is 13.0. The monoisotopic (exact) mass is 354 g/mol. The molecule has 2 aromatic rings. The lowest BCUT2D eigenvalue weighted by Crippen LogP contribution is -2.32. The number of aliphatic hydroxyl groups is 1. The molecule has 0 spiro atoms. The van der Waals surface area contributed by atoms with E-state index in [1.165, 1.54) is 19.2 Å². The van der Waals surface area contributed by atoms with Crippen molar-refractivity contribution < 1.29 is 28.2 Å². The maximum Gasteiger partial charge on any atom is 0.417 e. The summed E-state index contributed by atoms with van der Waals surface area (Å²) in [4.78, 5) is 16.9. The first-order valence-electron chi connectivity index (χ1n) is 7.35. The number of hydrogen-bond acceptors (Lipinski definition) is 4. The van der Waals surface area contributed by atoms with Crippen LogP contribution in [-0.4, -0.2) is 39.6 Å². The predicted molar refractivity (Wildman–Crippen MR) is 84.0 cm³/mol. The number of carbonyl (C=O) groups is 1. The Morgan fingerprint density at radius 2 is 2.00 bits per heavy atom. The summed E-state index contributed by atoms with van der Waals surface area (Å²) in [5, 5.41) is 19.7. The Hall–Kier alpha value is -2.61. The highest BCUT2D eigenvalue weighted by Crippen LogP contribution is 2.32. The largest absolute Gasteiger partial charge is 0.508 e. The van der Waals surface area contributed by atoms with Crippen molar-refractivity contribution in [2.75, 3.05) is 13.6 Å². The summed E-state index contributed by atoms with van der Waals surface area (Å²) in [5.41, 5.74) is -0.671. The first-order chi connectivity index (χ1) is 11.6. The van der Waals surface area contributed by atoms with Crippen molar-refractivity contribution >= 4 is 5.91 Å². The lowest BCUT2D eigenvalue weighted by Gasteiger charge is -2.23. The van der Waals surface area contributed by atoms with Gasteiger partial charge >= 0.3 is 6.18 Å². The fourth-order valence-electron chi connectivity index (χ4n) is 2.35. The molecule has 2 rings (SSSR count). The zero-order valence-corrected chi connectivity index (χ0v) is 13.6. The summed E-state index contributed by atoms with van der Waals surface area (Å²) < 4.78 is 39.0. The highest BCUT2D eigenvalue weighted by atomic mass is 19.4. The van der Waals surface area contributed by atoms with Crippen LogP contribution < -0.4 is 0 Å². The molecule has 0 aliphatic rings. The molecule has 0 aliphatic heterocycles. The van der Waals surface area contributed by atoms with E-state index >= 15 is 0 Å². The minimum absolute atomic E-state index is 0.0607. The molecule has 0 aliphatic carbocycles. The molecule has 1 aromatic heterocycles. The van der Waals surface area contributed by atoms with Gasteiger partial charge in [-0.2, -0.15) is 13.2 Å². The number of rotatable bonds is 4. The van der Waals surface area contributed by atoms with Crippen LogP contribution in [0.5, 0.6) is 5.75 Å². The SMILES string of the molecule is Cc1cc(C(O)CN(C)C(=O)c2cnccc2C(F)(F)F)ccc1O. The molecule has 0 fully saturated rings. The van der Waals surface area contributed by atoms with Crippen LogP contribution in [0.15, 0.2) is 36.7 Å². The third kappa shape index (κ3) is 4.27. The summed E-state index contributed by atoms with van der Waals surface area (Å²) in [5.74, 6) is -0.833. The normalized spacial score (nSPS) is 12.7. The van der Waals surface area contributed by atoms with Crippen LogP contribution in [0.3, 0.4) is 0 Å². The average Bonchev–Trinajstić information content (AvgIpc) is 2.55. The molecule has 5 nitrogen and oxygen atoms in total. The molecule has 0 bridgehead atoms. The van der Waals surface area contributed by atoms with Gasteiger partial charge in [0.1, 0.15) is 5.75 Å². The van der Waals surface area contributed by atoms with Crippen molar-refractivity contribution in [1.82, 2.24) is 9.88 Å². The number of nitrogens with zero attached hydrogens (tertiary/aromatic N) is 2. The Labute approximate surface area is 142 Å². The van der Waals surface area contributed by atoms with E-state index in [9.17, 15) is 28.2 Å². The molecule has 8 heteroatoms. The molecule has 1 aromatic carbocycles. The Balaban J connectivity index is 2.19. The Morgan fingerprint density at radius 1 is 1.32 bits per heavy atom. The van der Waals surface area contributed by atoms with E-state index in [1.54, 1.807) is 13.0 Å². The number of aliphatic hydroxyl groups excluding tert-OH is 1. The number of carbonyl (C=O) groups excluding carboxylic acids is 1. The zero-order valence-electron chi connectivity index (χ0n) is 13.6. The van der Waals surface area contributed by atoms with Crippen LogP contribution >= 0.6 is 0 Å². The van der Waals surface area contributed by atoms with Gasteiger partial charge in [0.15, 0.2) is 0 Å². The molecule has 0 saturated heterocycles. The third-order valence-corrected chi connectivity index (χ3v) is 3.76. The fraction of sp³-hybridized carbons (Fsp3) is 0.294. The number of aromatic hydroxyl groups is 1. The standard InChI is InChI=1S/C17H17F3N2O3/c1-10-7-11(3-4-14(10)23)15(24)9-22(2)16(25)12-8-21-6-5-13(12)17(18,19)20/h3-8,15,23-24H,9H2,1-2H3. The van der Waals surface area contributed by atoms with E-state index in [4.69, 9.17) is 0 Å². The van der Waals surface area contributed by atoms with E-state index in [2.05, 4.69) is 4.98 Å². The number of phenolic OH excluding ortho intramolecular Hbond substituents is 1. The van der Waals surface area contributed by atoms with E-state index in [1.807, 2.05) is 0 Å². The van der Waals surface area contributed by atoms with Gasteiger partial charge in [0.25, 0.3) is 5.91 Å². The van der Waals surface area contributed by atoms with Gasteiger partial charge in [0.2, 0.25) is 0 Å². The number of amides is 1. The van der Waals surface area contributed by atoms with E-state index in [0.717, 1.165) is 23.4 Å². The highest BCUT2D eigenvalue weighted by molar-refractivity contribution is 5.95. The van der Waals surface area contributed by atoms with Gasteiger partial charge in [-0.3, -0.25) is 9.78 Å². The quantitative estimate of drug-likeness (QED) is 0.885. The van der Waals surface area contributed by atoms with Crippen LogP contribution in [0, 0.1) is 6.92 Å². The van der Waals surface area contributed by atoms with Crippen molar-refractivity contribution in [3.8, 4) is 5.75 Å². The number of aromatic nitrogens is 1. The molecule has 0 radical (unpaired) electrons. The number of halogens is 3.